The summed E-state index contributed by atoms with van der Waals surface area (Å²) >= 11 is 1.20. The van der Waals surface area contributed by atoms with Crippen LogP contribution in [-0.2, 0) is 11.2 Å². The lowest BCUT2D eigenvalue weighted by molar-refractivity contribution is -0.143. The van der Waals surface area contributed by atoms with Gasteiger partial charge in [0, 0.05) is 24.0 Å². The SMILES string of the molecule is O=C(O)C1c2nc[nH]c2CCN1C(=O)c1scc2c1OCCO2. The van der Waals surface area contributed by atoms with Crippen LogP contribution in [0.4, 0.5) is 0 Å². The summed E-state index contributed by atoms with van der Waals surface area (Å²) < 4.78 is 11.0. The highest BCUT2D eigenvalue weighted by Crippen LogP contribution is 2.41. The number of nitrogens with one attached hydrogen (secondary N) is 1. The fourth-order valence-electron chi connectivity index (χ4n) is 2.89. The maximum atomic E-state index is 12.9. The fourth-order valence-corrected chi connectivity index (χ4v) is 3.77. The second-order valence-corrected chi connectivity index (χ2v) is 6.09. The summed E-state index contributed by atoms with van der Waals surface area (Å²) in [5.74, 6) is -0.533. The Morgan fingerprint density at radius 1 is 1.39 bits per heavy atom. The Morgan fingerprint density at radius 3 is 3.04 bits per heavy atom. The highest BCUT2D eigenvalue weighted by Gasteiger charge is 2.40. The Kier molecular flexibility index (Phi) is 3.22. The molecule has 0 radical (unpaired) electrons. The van der Waals surface area contributed by atoms with E-state index in [-0.39, 0.29) is 5.91 Å². The van der Waals surface area contributed by atoms with Crippen LogP contribution in [0.15, 0.2) is 11.7 Å². The van der Waals surface area contributed by atoms with Gasteiger partial charge in [-0.1, -0.05) is 0 Å². The van der Waals surface area contributed by atoms with Crippen molar-refractivity contribution in [1.29, 1.82) is 0 Å². The lowest BCUT2D eigenvalue weighted by Crippen LogP contribution is -2.43. The van der Waals surface area contributed by atoms with Crippen molar-refractivity contribution in [2.24, 2.45) is 0 Å². The maximum absolute atomic E-state index is 12.9. The minimum atomic E-state index is -1.10. The molecule has 9 heteroatoms. The number of amides is 1. The number of aromatic nitrogens is 2. The Balaban J connectivity index is 1.71. The number of nitrogens with zero attached hydrogens (tertiary/aromatic N) is 2. The summed E-state index contributed by atoms with van der Waals surface area (Å²) in [6.45, 7) is 1.11. The van der Waals surface area contributed by atoms with Crippen molar-refractivity contribution in [3.05, 3.63) is 28.0 Å². The Bertz CT molecular complexity index is 783. The number of carbonyl (C=O) groups is 2. The summed E-state index contributed by atoms with van der Waals surface area (Å²) in [5, 5.41) is 11.3. The number of fused-ring (bicyclic) bond motifs is 2. The number of hydrogen-bond donors (Lipinski definition) is 2. The number of aromatic amines is 1. The van der Waals surface area contributed by atoms with Gasteiger partial charge in [-0.3, -0.25) is 4.79 Å². The van der Waals surface area contributed by atoms with Gasteiger partial charge in [0.1, 0.15) is 18.1 Å². The number of imidazole rings is 1. The van der Waals surface area contributed by atoms with Crippen LogP contribution in [0.5, 0.6) is 11.5 Å². The predicted octanol–water partition coefficient (Wildman–Crippen LogP) is 1.07. The van der Waals surface area contributed by atoms with Crippen LogP contribution in [0.2, 0.25) is 0 Å². The number of ether oxygens (including phenoxy) is 2. The van der Waals surface area contributed by atoms with Crippen LogP contribution >= 0.6 is 11.3 Å². The van der Waals surface area contributed by atoms with Crippen molar-refractivity contribution in [3.8, 4) is 11.5 Å². The van der Waals surface area contributed by atoms with Gasteiger partial charge in [0.2, 0.25) is 0 Å². The summed E-state index contributed by atoms with van der Waals surface area (Å²) in [6, 6.07) is -1.10. The van der Waals surface area contributed by atoms with Gasteiger partial charge in [-0.05, 0) is 0 Å². The van der Waals surface area contributed by atoms with Crippen molar-refractivity contribution in [1.82, 2.24) is 14.9 Å². The standard InChI is InChI=1S/C14H13N3O5S/c18-13(12-11-8(5-23-12)21-3-4-22-11)17-2-1-7-9(16-6-15-7)10(17)14(19)20/h5-6,10H,1-4H2,(H,15,16)(H,19,20). The van der Waals surface area contributed by atoms with Gasteiger partial charge in [0.15, 0.2) is 17.5 Å². The van der Waals surface area contributed by atoms with E-state index in [9.17, 15) is 14.7 Å². The van der Waals surface area contributed by atoms with E-state index < -0.39 is 12.0 Å². The minimum Gasteiger partial charge on any atom is -0.485 e. The average molecular weight is 335 g/mol. The number of carboxylic acids is 1. The highest BCUT2D eigenvalue weighted by atomic mass is 32.1. The topological polar surface area (TPSA) is 105 Å². The summed E-state index contributed by atoms with van der Waals surface area (Å²) in [6.07, 6.45) is 1.99. The molecule has 2 N–H and O–H groups in total. The van der Waals surface area contributed by atoms with Crippen LogP contribution in [0.3, 0.4) is 0 Å². The zero-order valence-corrected chi connectivity index (χ0v) is 12.8. The van der Waals surface area contributed by atoms with Gasteiger partial charge in [-0.25, -0.2) is 9.78 Å². The molecular weight excluding hydrogens is 322 g/mol. The lowest BCUT2D eigenvalue weighted by atomic mass is 10.0. The smallest absolute Gasteiger partial charge is 0.332 e. The van der Waals surface area contributed by atoms with Crippen molar-refractivity contribution < 1.29 is 24.2 Å². The molecule has 23 heavy (non-hydrogen) atoms. The molecule has 120 valence electrons. The normalized spacial score (nSPS) is 19.3. The van der Waals surface area contributed by atoms with Crippen LogP contribution < -0.4 is 9.47 Å². The molecule has 2 aromatic rings. The number of rotatable bonds is 2. The predicted molar refractivity (Wildman–Crippen MR) is 79.0 cm³/mol. The molecule has 1 atom stereocenters. The van der Waals surface area contributed by atoms with E-state index in [4.69, 9.17) is 9.47 Å². The van der Waals surface area contributed by atoms with E-state index in [0.29, 0.717) is 48.2 Å². The van der Waals surface area contributed by atoms with Gasteiger partial charge in [0.05, 0.1) is 12.0 Å². The van der Waals surface area contributed by atoms with E-state index in [1.165, 1.54) is 22.6 Å². The fraction of sp³-hybridized carbons (Fsp3) is 0.357. The third kappa shape index (κ3) is 2.15. The molecule has 0 spiro atoms. The first-order valence-electron chi connectivity index (χ1n) is 7.10. The van der Waals surface area contributed by atoms with Crippen LogP contribution in [0, 0.1) is 0 Å². The van der Waals surface area contributed by atoms with Gasteiger partial charge in [0.25, 0.3) is 5.91 Å². The summed E-state index contributed by atoms with van der Waals surface area (Å²) in [5.41, 5.74) is 1.15. The zero-order chi connectivity index (χ0) is 16.0. The second-order valence-electron chi connectivity index (χ2n) is 5.21. The molecule has 1 unspecified atom stereocenters. The molecule has 4 rings (SSSR count). The zero-order valence-electron chi connectivity index (χ0n) is 11.9. The van der Waals surface area contributed by atoms with E-state index in [0.717, 1.165) is 5.69 Å². The third-order valence-electron chi connectivity index (χ3n) is 3.92. The molecular formula is C14H13N3O5S. The molecule has 0 saturated heterocycles. The van der Waals surface area contributed by atoms with Crippen molar-refractivity contribution in [3.63, 3.8) is 0 Å². The number of carboxylic acid groups (broad SMARTS) is 1. The molecule has 0 aromatic carbocycles. The molecule has 0 bridgehead atoms. The number of hydrogen-bond acceptors (Lipinski definition) is 6. The molecule has 2 aliphatic heterocycles. The molecule has 2 aromatic heterocycles. The number of thiophene rings is 1. The Morgan fingerprint density at radius 2 is 2.22 bits per heavy atom. The minimum absolute atomic E-state index is 0.304. The summed E-state index contributed by atoms with van der Waals surface area (Å²) in [7, 11) is 0. The molecule has 2 aliphatic rings. The lowest BCUT2D eigenvalue weighted by Gasteiger charge is -2.32. The molecule has 0 fully saturated rings. The number of H-pyrrole nitrogens is 1. The van der Waals surface area contributed by atoms with E-state index in [1.54, 1.807) is 5.38 Å². The third-order valence-corrected chi connectivity index (χ3v) is 4.84. The van der Waals surface area contributed by atoms with E-state index in [2.05, 4.69) is 9.97 Å². The average Bonchev–Trinajstić information content (AvgIpc) is 3.19. The molecule has 8 nitrogen and oxygen atoms in total. The molecule has 1 amide bonds. The Labute approximate surface area is 134 Å². The number of carbonyl (C=O) groups excluding carboxylic acids is 1. The van der Waals surface area contributed by atoms with Crippen LogP contribution in [-0.4, -0.2) is 51.6 Å². The van der Waals surface area contributed by atoms with Gasteiger partial charge in [-0.15, -0.1) is 11.3 Å². The second kappa shape index (κ2) is 5.27. The largest absolute Gasteiger partial charge is 0.485 e. The quantitative estimate of drug-likeness (QED) is 0.850. The Hall–Kier alpha value is -2.55. The number of aliphatic carboxylic acids is 1. The maximum Gasteiger partial charge on any atom is 0.332 e. The van der Waals surface area contributed by atoms with Crippen LogP contribution in [0.1, 0.15) is 27.1 Å². The molecule has 0 saturated carbocycles. The van der Waals surface area contributed by atoms with Crippen molar-refractivity contribution >= 4 is 23.2 Å². The molecule has 4 heterocycles. The van der Waals surface area contributed by atoms with Crippen LogP contribution in [0.25, 0.3) is 0 Å². The summed E-state index contributed by atoms with van der Waals surface area (Å²) in [4.78, 5) is 33.3. The van der Waals surface area contributed by atoms with Gasteiger partial charge >= 0.3 is 5.97 Å². The van der Waals surface area contributed by atoms with Crippen molar-refractivity contribution in [2.75, 3.05) is 19.8 Å². The van der Waals surface area contributed by atoms with Gasteiger partial charge in [-0.2, -0.15) is 0 Å². The monoisotopic (exact) mass is 335 g/mol. The van der Waals surface area contributed by atoms with Gasteiger partial charge < -0.3 is 24.5 Å². The molecule has 0 aliphatic carbocycles. The van der Waals surface area contributed by atoms with E-state index in [1.807, 2.05) is 0 Å². The van der Waals surface area contributed by atoms with Crippen molar-refractivity contribution in [2.45, 2.75) is 12.5 Å². The first-order valence-corrected chi connectivity index (χ1v) is 7.98. The van der Waals surface area contributed by atoms with E-state index >= 15 is 0 Å². The first kappa shape index (κ1) is 14.1. The first-order chi connectivity index (χ1) is 11.2. The highest BCUT2D eigenvalue weighted by molar-refractivity contribution is 7.12.